The highest BCUT2D eigenvalue weighted by atomic mass is 16.6. The van der Waals surface area contributed by atoms with Gasteiger partial charge in [-0.25, -0.2) is 0 Å². The zero-order valence-corrected chi connectivity index (χ0v) is 8.09. The van der Waals surface area contributed by atoms with Gasteiger partial charge in [0.1, 0.15) is 0 Å². The van der Waals surface area contributed by atoms with Gasteiger partial charge in [-0.05, 0) is 31.6 Å². The largest absolute Gasteiger partial charge is 0.365 e. The molecule has 0 radical (unpaired) electrons. The summed E-state index contributed by atoms with van der Waals surface area (Å²) in [7, 11) is 0. The Balaban J connectivity index is 1.93. The van der Waals surface area contributed by atoms with Gasteiger partial charge in [0.25, 0.3) is 0 Å². The summed E-state index contributed by atoms with van der Waals surface area (Å²) < 4.78 is 5.93. The van der Waals surface area contributed by atoms with Gasteiger partial charge < -0.3 is 9.84 Å². The molecule has 0 aromatic rings. The van der Waals surface area contributed by atoms with Crippen molar-refractivity contribution in [3.63, 3.8) is 0 Å². The van der Waals surface area contributed by atoms with E-state index in [-0.39, 0.29) is 5.60 Å². The van der Waals surface area contributed by atoms with Crippen molar-refractivity contribution in [2.45, 2.75) is 62.8 Å². The smallest absolute Gasteiger partial charge is 0.166 e. The average Bonchev–Trinajstić information content (AvgIpc) is 2.29. The molecular formula is C11H18O2. The minimum Gasteiger partial charge on any atom is -0.365 e. The van der Waals surface area contributed by atoms with Gasteiger partial charge in [0.15, 0.2) is 5.79 Å². The molecule has 1 saturated carbocycles. The number of hydrogen-bond donors (Lipinski definition) is 1. The fraction of sp³-hybridized carbons (Fsp3) is 1.00. The maximum atomic E-state index is 10.1. The molecule has 3 atom stereocenters. The Morgan fingerprint density at radius 3 is 2.85 bits per heavy atom. The van der Waals surface area contributed by atoms with Crippen LogP contribution >= 0.6 is 0 Å². The van der Waals surface area contributed by atoms with Crippen LogP contribution in [0.1, 0.15) is 51.4 Å². The third-order valence-corrected chi connectivity index (χ3v) is 4.27. The van der Waals surface area contributed by atoms with Crippen molar-refractivity contribution in [2.24, 2.45) is 5.92 Å². The lowest BCUT2D eigenvalue weighted by Gasteiger charge is -2.41. The minimum atomic E-state index is -0.729. The van der Waals surface area contributed by atoms with E-state index in [1.54, 1.807) is 0 Å². The van der Waals surface area contributed by atoms with Gasteiger partial charge in [-0.3, -0.25) is 0 Å². The Morgan fingerprint density at radius 2 is 1.92 bits per heavy atom. The third-order valence-electron chi connectivity index (χ3n) is 4.27. The van der Waals surface area contributed by atoms with Crippen molar-refractivity contribution in [1.29, 1.82) is 0 Å². The molecule has 0 amide bonds. The van der Waals surface area contributed by atoms with E-state index in [1.165, 1.54) is 32.1 Å². The molecule has 1 unspecified atom stereocenters. The molecule has 2 bridgehead atoms. The number of aliphatic hydroxyl groups is 1. The van der Waals surface area contributed by atoms with Crippen LogP contribution in [0.5, 0.6) is 0 Å². The number of fused-ring (bicyclic) bond motifs is 1. The summed E-state index contributed by atoms with van der Waals surface area (Å²) in [5, 5.41) is 10.1. The molecule has 2 heteroatoms. The number of hydrogen-bond acceptors (Lipinski definition) is 2. The summed E-state index contributed by atoms with van der Waals surface area (Å²) >= 11 is 0. The molecule has 2 nitrogen and oxygen atoms in total. The first-order valence-corrected chi connectivity index (χ1v) is 5.65. The Labute approximate surface area is 79.3 Å². The molecule has 3 fully saturated rings. The molecule has 2 aliphatic heterocycles. The second-order valence-electron chi connectivity index (χ2n) is 5.11. The highest BCUT2D eigenvalue weighted by Crippen LogP contribution is 2.56. The van der Waals surface area contributed by atoms with Gasteiger partial charge in [0.05, 0.1) is 5.60 Å². The standard InChI is InChI=1S/C11H18O2/c12-11-7-3-6-10(13-11)5-2-1-4-9(10)8-11/h9,12H,1-8H2/t9?,10-,11+/m1/s1. The summed E-state index contributed by atoms with van der Waals surface area (Å²) in [6.45, 7) is 0. The summed E-state index contributed by atoms with van der Waals surface area (Å²) in [6.07, 6.45) is 9.24. The third kappa shape index (κ3) is 1.08. The molecule has 0 aromatic carbocycles. The van der Waals surface area contributed by atoms with E-state index in [4.69, 9.17) is 4.74 Å². The zero-order chi connectivity index (χ0) is 8.94. The molecule has 2 heterocycles. The van der Waals surface area contributed by atoms with Crippen LogP contribution in [-0.2, 0) is 4.74 Å². The normalized spacial score (nSPS) is 54.7. The molecule has 1 N–H and O–H groups in total. The molecule has 13 heavy (non-hydrogen) atoms. The predicted molar refractivity (Wildman–Crippen MR) is 49.2 cm³/mol. The van der Waals surface area contributed by atoms with Crippen LogP contribution < -0.4 is 0 Å². The molecule has 1 aliphatic carbocycles. The van der Waals surface area contributed by atoms with Crippen molar-refractivity contribution in [3.8, 4) is 0 Å². The van der Waals surface area contributed by atoms with Crippen LogP contribution in [-0.4, -0.2) is 16.5 Å². The van der Waals surface area contributed by atoms with Gasteiger partial charge >= 0.3 is 0 Å². The fourth-order valence-electron chi connectivity index (χ4n) is 3.71. The average molecular weight is 182 g/mol. The van der Waals surface area contributed by atoms with Gasteiger partial charge in [-0.15, -0.1) is 0 Å². The summed E-state index contributed by atoms with van der Waals surface area (Å²) in [5.74, 6) is -0.0680. The van der Waals surface area contributed by atoms with Crippen molar-refractivity contribution in [1.82, 2.24) is 0 Å². The lowest BCUT2D eigenvalue weighted by molar-refractivity contribution is -0.254. The Bertz CT molecular complexity index is 224. The van der Waals surface area contributed by atoms with E-state index < -0.39 is 5.79 Å². The number of rotatable bonds is 0. The second-order valence-corrected chi connectivity index (χ2v) is 5.11. The topological polar surface area (TPSA) is 29.5 Å². The maximum Gasteiger partial charge on any atom is 0.166 e. The van der Waals surface area contributed by atoms with E-state index in [0.29, 0.717) is 5.92 Å². The maximum absolute atomic E-state index is 10.1. The van der Waals surface area contributed by atoms with E-state index in [0.717, 1.165) is 19.3 Å². The van der Waals surface area contributed by atoms with Crippen molar-refractivity contribution in [2.75, 3.05) is 0 Å². The Morgan fingerprint density at radius 1 is 1.08 bits per heavy atom. The van der Waals surface area contributed by atoms with Gasteiger partial charge in [-0.2, -0.15) is 0 Å². The van der Waals surface area contributed by atoms with Crippen LogP contribution in [0.15, 0.2) is 0 Å². The first-order chi connectivity index (χ1) is 6.23. The quantitative estimate of drug-likeness (QED) is 0.622. The highest BCUT2D eigenvalue weighted by molar-refractivity contribution is 5.03. The van der Waals surface area contributed by atoms with E-state index in [1.807, 2.05) is 0 Å². The van der Waals surface area contributed by atoms with Crippen LogP contribution in [0.25, 0.3) is 0 Å². The molecule has 2 saturated heterocycles. The summed E-state index contributed by atoms with van der Waals surface area (Å²) in [6, 6.07) is 0. The molecule has 3 rings (SSSR count). The fourth-order valence-corrected chi connectivity index (χ4v) is 3.71. The van der Waals surface area contributed by atoms with Crippen LogP contribution in [0.2, 0.25) is 0 Å². The van der Waals surface area contributed by atoms with Crippen LogP contribution in [0, 0.1) is 5.92 Å². The summed E-state index contributed by atoms with van der Waals surface area (Å²) in [5.41, 5.74) is 0.102. The van der Waals surface area contributed by atoms with Crippen molar-refractivity contribution < 1.29 is 9.84 Å². The van der Waals surface area contributed by atoms with E-state index >= 15 is 0 Å². The Kier molecular flexibility index (Phi) is 1.58. The molecule has 74 valence electrons. The first-order valence-electron chi connectivity index (χ1n) is 5.65. The molecule has 0 aromatic heterocycles. The minimum absolute atomic E-state index is 0.102. The molecule has 1 spiro atoms. The number of ether oxygens (including phenoxy) is 1. The Hall–Kier alpha value is -0.0800. The van der Waals surface area contributed by atoms with Crippen molar-refractivity contribution >= 4 is 0 Å². The summed E-state index contributed by atoms with van der Waals surface area (Å²) in [4.78, 5) is 0. The molecule has 3 aliphatic rings. The highest BCUT2D eigenvalue weighted by Gasteiger charge is 2.57. The lowest BCUT2D eigenvalue weighted by Crippen LogP contribution is -2.43. The second kappa shape index (κ2) is 2.48. The van der Waals surface area contributed by atoms with Gasteiger partial charge in [0, 0.05) is 12.8 Å². The van der Waals surface area contributed by atoms with Gasteiger partial charge in [0.2, 0.25) is 0 Å². The SMILES string of the molecule is O[C@]12CCC[C@@]3(CCCCC3C1)O2. The van der Waals surface area contributed by atoms with Crippen LogP contribution in [0.3, 0.4) is 0 Å². The molecular weight excluding hydrogens is 164 g/mol. The van der Waals surface area contributed by atoms with E-state index in [9.17, 15) is 5.11 Å². The lowest BCUT2D eigenvalue weighted by atomic mass is 9.74. The predicted octanol–water partition coefficient (Wildman–Crippen LogP) is 2.21. The van der Waals surface area contributed by atoms with Crippen LogP contribution in [0.4, 0.5) is 0 Å². The van der Waals surface area contributed by atoms with Crippen molar-refractivity contribution in [3.05, 3.63) is 0 Å². The zero-order valence-electron chi connectivity index (χ0n) is 8.09. The van der Waals surface area contributed by atoms with Gasteiger partial charge in [-0.1, -0.05) is 12.8 Å². The first kappa shape index (κ1) is 8.25. The monoisotopic (exact) mass is 182 g/mol. The van der Waals surface area contributed by atoms with E-state index in [2.05, 4.69) is 0 Å².